The number of aryl methyl sites for hydroxylation is 1. The van der Waals surface area contributed by atoms with Gasteiger partial charge < -0.3 is 15.2 Å². The Kier molecular flexibility index (Phi) is 7.48. The van der Waals surface area contributed by atoms with E-state index in [4.69, 9.17) is 11.6 Å². The molecule has 0 aliphatic carbocycles. The lowest BCUT2D eigenvalue weighted by Gasteiger charge is -2.09. The van der Waals surface area contributed by atoms with Crippen LogP contribution in [0.2, 0.25) is 5.02 Å². The van der Waals surface area contributed by atoms with Gasteiger partial charge in [0.15, 0.2) is 5.16 Å². The molecule has 156 valence electrons. The number of nitrogens with zero attached hydrogens (tertiary/aromatic N) is 3. The van der Waals surface area contributed by atoms with Crippen LogP contribution in [0.15, 0.2) is 53.7 Å². The van der Waals surface area contributed by atoms with E-state index < -0.39 is 0 Å². The summed E-state index contributed by atoms with van der Waals surface area (Å²) >= 11 is 7.33. The highest BCUT2D eigenvalue weighted by Crippen LogP contribution is 2.22. The molecule has 0 atom stereocenters. The third kappa shape index (κ3) is 5.84. The van der Waals surface area contributed by atoms with Crippen LogP contribution in [0.4, 0.5) is 11.4 Å². The molecule has 30 heavy (non-hydrogen) atoms. The third-order valence-corrected chi connectivity index (χ3v) is 5.54. The van der Waals surface area contributed by atoms with Gasteiger partial charge in [-0.1, -0.05) is 53.2 Å². The fourth-order valence-electron chi connectivity index (χ4n) is 2.74. The molecule has 3 rings (SSSR count). The third-order valence-electron chi connectivity index (χ3n) is 4.24. The molecule has 1 heterocycles. The van der Waals surface area contributed by atoms with Crippen molar-refractivity contribution in [2.24, 2.45) is 0 Å². The minimum Gasteiger partial charge on any atom is -0.326 e. The predicted molar refractivity (Wildman–Crippen MR) is 120 cm³/mol. The number of rotatable bonds is 8. The fourth-order valence-corrected chi connectivity index (χ4v) is 3.74. The second-order valence-electron chi connectivity index (χ2n) is 6.55. The molecular formula is C21H22ClN5O2S. The number of para-hydroxylation sites is 1. The normalized spacial score (nSPS) is 10.6. The van der Waals surface area contributed by atoms with Crippen LogP contribution in [0.1, 0.15) is 18.3 Å². The maximum absolute atomic E-state index is 12.4. The van der Waals surface area contributed by atoms with E-state index in [9.17, 15) is 9.59 Å². The largest absolute Gasteiger partial charge is 0.326 e. The maximum atomic E-state index is 12.4. The van der Waals surface area contributed by atoms with Gasteiger partial charge >= 0.3 is 0 Å². The van der Waals surface area contributed by atoms with Crippen molar-refractivity contribution in [3.63, 3.8) is 0 Å². The van der Waals surface area contributed by atoms with Gasteiger partial charge in [-0.3, -0.25) is 9.59 Å². The summed E-state index contributed by atoms with van der Waals surface area (Å²) in [4.78, 5) is 24.6. The summed E-state index contributed by atoms with van der Waals surface area (Å²) in [6.07, 6.45) is 0.0983. The van der Waals surface area contributed by atoms with Gasteiger partial charge in [0.1, 0.15) is 5.82 Å². The van der Waals surface area contributed by atoms with Crippen molar-refractivity contribution in [3.05, 3.63) is 64.9 Å². The zero-order valence-corrected chi connectivity index (χ0v) is 18.3. The number of carbonyl (C=O) groups excluding carboxylic acids is 2. The van der Waals surface area contributed by atoms with Crippen molar-refractivity contribution in [2.75, 3.05) is 16.4 Å². The minimum absolute atomic E-state index is 0.0983. The summed E-state index contributed by atoms with van der Waals surface area (Å²) in [5.41, 5.74) is 2.42. The zero-order valence-electron chi connectivity index (χ0n) is 16.7. The standard InChI is InChI=1S/C21H22ClN5O2S/c1-3-27-18(12-19(28)23-15-10-8-14(2)9-11-15)25-26-21(27)30-13-20(29)24-17-7-5-4-6-16(17)22/h4-11H,3,12-13H2,1-2H3,(H,23,28)(H,24,29). The number of hydrogen-bond donors (Lipinski definition) is 2. The van der Waals surface area contributed by atoms with Gasteiger partial charge in [0.2, 0.25) is 11.8 Å². The second-order valence-corrected chi connectivity index (χ2v) is 7.90. The predicted octanol–water partition coefficient (Wildman–Crippen LogP) is 4.17. The molecule has 9 heteroatoms. The molecule has 2 aromatic carbocycles. The molecule has 0 spiro atoms. The van der Waals surface area contributed by atoms with Crippen LogP contribution in [0.25, 0.3) is 0 Å². The smallest absolute Gasteiger partial charge is 0.234 e. The lowest BCUT2D eigenvalue weighted by molar-refractivity contribution is -0.116. The van der Waals surface area contributed by atoms with E-state index in [0.29, 0.717) is 28.2 Å². The SMILES string of the molecule is CCn1c(CC(=O)Nc2ccc(C)cc2)nnc1SCC(=O)Nc1ccccc1Cl. The first-order valence-corrected chi connectivity index (χ1v) is 10.8. The quantitative estimate of drug-likeness (QED) is 0.510. The average Bonchev–Trinajstić information content (AvgIpc) is 3.11. The molecule has 0 aliphatic rings. The molecule has 2 N–H and O–H groups in total. The van der Waals surface area contributed by atoms with Crippen LogP contribution in [0.5, 0.6) is 0 Å². The number of halogens is 1. The zero-order chi connectivity index (χ0) is 21.5. The Bertz CT molecular complexity index is 1040. The Balaban J connectivity index is 1.58. The Labute approximate surface area is 184 Å². The van der Waals surface area contributed by atoms with Crippen LogP contribution in [0.3, 0.4) is 0 Å². The molecule has 3 aromatic rings. The lowest BCUT2D eigenvalue weighted by atomic mass is 10.2. The molecule has 0 saturated heterocycles. The van der Waals surface area contributed by atoms with E-state index in [2.05, 4.69) is 20.8 Å². The Hall–Kier alpha value is -2.84. The molecular weight excluding hydrogens is 422 g/mol. The number of nitrogens with one attached hydrogen (secondary N) is 2. The van der Waals surface area contributed by atoms with Gasteiger partial charge in [0.25, 0.3) is 0 Å². The highest BCUT2D eigenvalue weighted by atomic mass is 35.5. The number of anilines is 2. The molecule has 0 fully saturated rings. The van der Waals surface area contributed by atoms with E-state index in [1.807, 2.05) is 42.7 Å². The van der Waals surface area contributed by atoms with Crippen LogP contribution < -0.4 is 10.6 Å². The molecule has 7 nitrogen and oxygen atoms in total. The first kappa shape index (κ1) is 21.9. The first-order valence-electron chi connectivity index (χ1n) is 9.42. The number of aromatic nitrogens is 3. The number of thioether (sulfide) groups is 1. The van der Waals surface area contributed by atoms with Gasteiger partial charge in [-0.15, -0.1) is 10.2 Å². The van der Waals surface area contributed by atoms with Crippen molar-refractivity contribution in [1.29, 1.82) is 0 Å². The van der Waals surface area contributed by atoms with Gasteiger partial charge in [-0.25, -0.2) is 0 Å². The van der Waals surface area contributed by atoms with Crippen LogP contribution >= 0.6 is 23.4 Å². The van der Waals surface area contributed by atoms with Crippen molar-refractivity contribution in [3.8, 4) is 0 Å². The van der Waals surface area contributed by atoms with E-state index >= 15 is 0 Å². The maximum Gasteiger partial charge on any atom is 0.234 e. The van der Waals surface area contributed by atoms with Crippen molar-refractivity contribution in [2.45, 2.75) is 32.0 Å². The van der Waals surface area contributed by atoms with Crippen LogP contribution in [-0.4, -0.2) is 32.3 Å². The van der Waals surface area contributed by atoms with Gasteiger partial charge in [0, 0.05) is 12.2 Å². The van der Waals surface area contributed by atoms with Crippen molar-refractivity contribution < 1.29 is 9.59 Å². The summed E-state index contributed by atoms with van der Waals surface area (Å²) in [6, 6.07) is 14.6. The Morgan fingerprint density at radius 2 is 1.77 bits per heavy atom. The second kappa shape index (κ2) is 10.3. The molecule has 0 radical (unpaired) electrons. The molecule has 1 aromatic heterocycles. The van der Waals surface area contributed by atoms with Gasteiger partial charge in [-0.2, -0.15) is 0 Å². The fraction of sp³-hybridized carbons (Fsp3) is 0.238. The first-order chi connectivity index (χ1) is 14.5. The molecule has 0 saturated carbocycles. The molecule has 0 unspecified atom stereocenters. The van der Waals surface area contributed by atoms with Crippen molar-refractivity contribution >= 4 is 46.6 Å². The van der Waals surface area contributed by atoms with Crippen LogP contribution in [0, 0.1) is 6.92 Å². The molecule has 2 amide bonds. The number of amides is 2. The van der Waals surface area contributed by atoms with E-state index in [1.54, 1.807) is 24.3 Å². The number of benzene rings is 2. The molecule has 0 aliphatic heterocycles. The monoisotopic (exact) mass is 443 g/mol. The Morgan fingerprint density at radius 3 is 2.47 bits per heavy atom. The average molecular weight is 444 g/mol. The summed E-state index contributed by atoms with van der Waals surface area (Å²) in [5.74, 6) is 0.335. The van der Waals surface area contributed by atoms with Gasteiger partial charge in [0.05, 0.1) is 22.9 Å². The summed E-state index contributed by atoms with van der Waals surface area (Å²) in [5, 5.41) is 15.0. The van der Waals surface area contributed by atoms with Crippen molar-refractivity contribution in [1.82, 2.24) is 14.8 Å². The van der Waals surface area contributed by atoms with E-state index in [0.717, 1.165) is 11.3 Å². The highest BCUT2D eigenvalue weighted by molar-refractivity contribution is 7.99. The summed E-state index contributed by atoms with van der Waals surface area (Å²) < 4.78 is 1.84. The summed E-state index contributed by atoms with van der Waals surface area (Å²) in [7, 11) is 0. The minimum atomic E-state index is -0.197. The lowest BCUT2D eigenvalue weighted by Crippen LogP contribution is -2.18. The number of hydrogen-bond acceptors (Lipinski definition) is 5. The summed E-state index contributed by atoms with van der Waals surface area (Å²) in [6.45, 7) is 4.52. The van der Waals surface area contributed by atoms with E-state index in [1.165, 1.54) is 11.8 Å². The van der Waals surface area contributed by atoms with Crippen LogP contribution in [-0.2, 0) is 22.6 Å². The van der Waals surface area contributed by atoms with E-state index in [-0.39, 0.29) is 24.0 Å². The Morgan fingerprint density at radius 1 is 1.03 bits per heavy atom. The topological polar surface area (TPSA) is 88.9 Å². The highest BCUT2D eigenvalue weighted by Gasteiger charge is 2.16. The van der Waals surface area contributed by atoms with Gasteiger partial charge in [-0.05, 0) is 38.1 Å². The number of carbonyl (C=O) groups is 2. The molecule has 0 bridgehead atoms.